The van der Waals surface area contributed by atoms with Gasteiger partial charge in [-0.25, -0.2) is 0 Å². The standard InChI is InChI=1S/C16H23BrN2O3/c1-5-7-13(6-2)18-10-12-8-14(17)16(22-11(3)4)9-15(12)19(20)21/h8-11,13H,5-7H2,1-4H3. The van der Waals surface area contributed by atoms with Gasteiger partial charge in [-0.1, -0.05) is 20.3 Å². The summed E-state index contributed by atoms with van der Waals surface area (Å²) in [7, 11) is 0. The number of aliphatic imine (C=N–C) groups is 1. The van der Waals surface area contributed by atoms with Crippen LogP contribution in [-0.4, -0.2) is 23.3 Å². The number of benzene rings is 1. The molecular weight excluding hydrogens is 348 g/mol. The van der Waals surface area contributed by atoms with E-state index in [-0.39, 0.29) is 17.8 Å². The molecule has 5 nitrogen and oxygen atoms in total. The van der Waals surface area contributed by atoms with Crippen molar-refractivity contribution >= 4 is 27.8 Å². The second-order valence-corrected chi connectivity index (χ2v) is 6.25. The van der Waals surface area contributed by atoms with E-state index < -0.39 is 4.92 Å². The topological polar surface area (TPSA) is 64.7 Å². The molecule has 0 aliphatic carbocycles. The lowest BCUT2D eigenvalue weighted by Crippen LogP contribution is -2.07. The normalized spacial score (nSPS) is 12.8. The highest BCUT2D eigenvalue weighted by Gasteiger charge is 2.18. The van der Waals surface area contributed by atoms with Gasteiger partial charge in [0.05, 0.1) is 27.1 Å². The van der Waals surface area contributed by atoms with E-state index >= 15 is 0 Å². The van der Waals surface area contributed by atoms with Gasteiger partial charge in [-0.2, -0.15) is 0 Å². The van der Waals surface area contributed by atoms with Crippen molar-refractivity contribution in [1.82, 2.24) is 0 Å². The van der Waals surface area contributed by atoms with Crippen LogP contribution in [0, 0.1) is 10.1 Å². The monoisotopic (exact) mass is 370 g/mol. The number of nitrogens with zero attached hydrogens (tertiary/aromatic N) is 2. The van der Waals surface area contributed by atoms with Crippen LogP contribution >= 0.6 is 15.9 Å². The van der Waals surface area contributed by atoms with Gasteiger partial charge in [0.2, 0.25) is 0 Å². The van der Waals surface area contributed by atoms with E-state index in [1.807, 2.05) is 13.8 Å². The number of hydrogen-bond donors (Lipinski definition) is 0. The minimum atomic E-state index is -0.401. The molecular formula is C16H23BrN2O3. The SMILES string of the molecule is CCCC(CC)N=Cc1cc(Br)c(OC(C)C)cc1[N+](=O)[O-]. The summed E-state index contributed by atoms with van der Waals surface area (Å²) in [6.45, 7) is 7.94. The minimum Gasteiger partial charge on any atom is -0.490 e. The Kier molecular flexibility index (Phi) is 7.51. The molecule has 122 valence electrons. The summed E-state index contributed by atoms with van der Waals surface area (Å²) in [6.07, 6.45) is 4.50. The van der Waals surface area contributed by atoms with Crippen LogP contribution in [0.2, 0.25) is 0 Å². The van der Waals surface area contributed by atoms with Gasteiger partial charge in [0.15, 0.2) is 0 Å². The molecule has 0 fully saturated rings. The van der Waals surface area contributed by atoms with Gasteiger partial charge in [0, 0.05) is 12.3 Å². The Balaban J connectivity index is 3.15. The number of ether oxygens (including phenoxy) is 1. The fourth-order valence-electron chi connectivity index (χ4n) is 2.07. The van der Waals surface area contributed by atoms with Crippen molar-refractivity contribution in [3.05, 3.63) is 32.3 Å². The van der Waals surface area contributed by atoms with Crippen molar-refractivity contribution in [1.29, 1.82) is 0 Å². The second-order valence-electron chi connectivity index (χ2n) is 5.39. The predicted octanol–water partition coefficient (Wildman–Crippen LogP) is 5.14. The maximum absolute atomic E-state index is 11.3. The molecule has 0 saturated carbocycles. The van der Waals surface area contributed by atoms with E-state index in [9.17, 15) is 10.1 Å². The molecule has 0 aliphatic rings. The quantitative estimate of drug-likeness (QED) is 0.361. The van der Waals surface area contributed by atoms with Crippen LogP contribution in [0.25, 0.3) is 0 Å². The molecule has 0 saturated heterocycles. The van der Waals surface area contributed by atoms with Gasteiger partial charge in [0.25, 0.3) is 5.69 Å². The van der Waals surface area contributed by atoms with Crippen LogP contribution in [0.3, 0.4) is 0 Å². The third kappa shape index (κ3) is 5.40. The summed E-state index contributed by atoms with van der Waals surface area (Å²) in [4.78, 5) is 15.4. The van der Waals surface area contributed by atoms with Gasteiger partial charge in [-0.15, -0.1) is 0 Å². The Bertz CT molecular complexity index is 544. The van der Waals surface area contributed by atoms with E-state index in [1.165, 1.54) is 6.07 Å². The molecule has 1 unspecified atom stereocenters. The van der Waals surface area contributed by atoms with Crippen molar-refractivity contribution in [2.45, 2.75) is 59.1 Å². The minimum absolute atomic E-state index is 0.00829. The van der Waals surface area contributed by atoms with Crippen LogP contribution in [-0.2, 0) is 0 Å². The lowest BCUT2D eigenvalue weighted by Gasteiger charge is -2.12. The molecule has 1 aromatic carbocycles. The first-order valence-corrected chi connectivity index (χ1v) is 8.36. The summed E-state index contributed by atoms with van der Waals surface area (Å²) < 4.78 is 6.27. The molecule has 22 heavy (non-hydrogen) atoms. The van der Waals surface area contributed by atoms with Crippen molar-refractivity contribution < 1.29 is 9.66 Å². The molecule has 0 bridgehead atoms. The molecule has 6 heteroatoms. The Morgan fingerprint density at radius 3 is 2.59 bits per heavy atom. The first-order valence-electron chi connectivity index (χ1n) is 7.56. The van der Waals surface area contributed by atoms with E-state index in [0.29, 0.717) is 15.8 Å². The van der Waals surface area contributed by atoms with Crippen molar-refractivity contribution in [3.63, 3.8) is 0 Å². The summed E-state index contributed by atoms with van der Waals surface area (Å²) in [5.74, 6) is 0.472. The fraction of sp³-hybridized carbons (Fsp3) is 0.562. The number of hydrogen-bond acceptors (Lipinski definition) is 4. The Morgan fingerprint density at radius 2 is 2.09 bits per heavy atom. The smallest absolute Gasteiger partial charge is 0.281 e. The molecule has 0 spiro atoms. The molecule has 0 N–H and O–H groups in total. The highest BCUT2D eigenvalue weighted by molar-refractivity contribution is 9.10. The lowest BCUT2D eigenvalue weighted by atomic mass is 10.1. The maximum atomic E-state index is 11.3. The van der Waals surface area contributed by atoms with Crippen LogP contribution in [0.4, 0.5) is 5.69 Å². The van der Waals surface area contributed by atoms with Crippen molar-refractivity contribution in [3.8, 4) is 5.75 Å². The lowest BCUT2D eigenvalue weighted by molar-refractivity contribution is -0.385. The van der Waals surface area contributed by atoms with E-state index in [4.69, 9.17) is 4.74 Å². The molecule has 1 aromatic rings. The van der Waals surface area contributed by atoms with Crippen LogP contribution < -0.4 is 4.74 Å². The molecule has 0 radical (unpaired) electrons. The fourth-order valence-corrected chi connectivity index (χ4v) is 2.52. The van der Waals surface area contributed by atoms with Gasteiger partial charge >= 0.3 is 0 Å². The number of nitro groups is 1. The highest BCUT2D eigenvalue weighted by atomic mass is 79.9. The molecule has 0 amide bonds. The Morgan fingerprint density at radius 1 is 1.41 bits per heavy atom. The van der Waals surface area contributed by atoms with E-state index in [1.54, 1.807) is 12.3 Å². The Hall–Kier alpha value is -1.43. The summed E-state index contributed by atoms with van der Waals surface area (Å²) in [6, 6.07) is 3.35. The molecule has 0 aliphatic heterocycles. The van der Waals surface area contributed by atoms with Gasteiger partial charge in [-0.05, 0) is 48.7 Å². The highest BCUT2D eigenvalue weighted by Crippen LogP contribution is 2.33. The van der Waals surface area contributed by atoms with Gasteiger partial charge < -0.3 is 4.74 Å². The average molecular weight is 371 g/mol. The van der Waals surface area contributed by atoms with E-state index in [0.717, 1.165) is 19.3 Å². The van der Waals surface area contributed by atoms with Crippen LogP contribution in [0.1, 0.15) is 52.5 Å². The number of nitro benzene ring substituents is 1. The van der Waals surface area contributed by atoms with Crippen LogP contribution in [0.15, 0.2) is 21.6 Å². The van der Waals surface area contributed by atoms with E-state index in [2.05, 4.69) is 34.8 Å². The largest absolute Gasteiger partial charge is 0.490 e. The third-order valence-electron chi connectivity index (χ3n) is 3.16. The van der Waals surface area contributed by atoms with Crippen molar-refractivity contribution in [2.24, 2.45) is 4.99 Å². The zero-order valence-corrected chi connectivity index (χ0v) is 15.1. The summed E-state index contributed by atoms with van der Waals surface area (Å²) in [5, 5.41) is 11.3. The average Bonchev–Trinajstić information content (AvgIpc) is 2.45. The third-order valence-corrected chi connectivity index (χ3v) is 3.78. The van der Waals surface area contributed by atoms with Crippen LogP contribution in [0.5, 0.6) is 5.75 Å². The molecule has 1 rings (SSSR count). The summed E-state index contributed by atoms with van der Waals surface area (Å²) in [5.41, 5.74) is 0.497. The molecule has 0 aromatic heterocycles. The number of halogens is 1. The zero-order valence-electron chi connectivity index (χ0n) is 13.5. The molecule has 0 heterocycles. The maximum Gasteiger partial charge on any atom is 0.281 e. The zero-order chi connectivity index (χ0) is 16.7. The van der Waals surface area contributed by atoms with Gasteiger partial charge in [0.1, 0.15) is 5.75 Å². The first kappa shape index (κ1) is 18.6. The van der Waals surface area contributed by atoms with Gasteiger partial charge in [-0.3, -0.25) is 15.1 Å². The predicted molar refractivity (Wildman–Crippen MR) is 93.1 cm³/mol. The second kappa shape index (κ2) is 8.88. The Labute approximate surface area is 140 Å². The van der Waals surface area contributed by atoms with Crippen molar-refractivity contribution in [2.75, 3.05) is 0 Å². The number of rotatable bonds is 8. The molecule has 1 atom stereocenters. The summed E-state index contributed by atoms with van der Waals surface area (Å²) >= 11 is 3.40. The first-order chi connectivity index (χ1) is 10.4.